The van der Waals surface area contributed by atoms with E-state index in [0.29, 0.717) is 0 Å². The maximum atomic E-state index is 10.9. The summed E-state index contributed by atoms with van der Waals surface area (Å²) in [5.41, 5.74) is 3.74. The number of aliphatic hydroxyl groups is 2. The fraction of sp³-hybridized carbons (Fsp3) is 0.833. The first-order valence-corrected chi connectivity index (χ1v) is 3.31. The zero-order chi connectivity index (χ0) is 8.65. The van der Waals surface area contributed by atoms with Crippen molar-refractivity contribution in [1.82, 2.24) is 0 Å². The van der Waals surface area contributed by atoms with Crippen molar-refractivity contribution in [3.05, 3.63) is 0 Å². The van der Waals surface area contributed by atoms with Crippen molar-refractivity contribution < 1.29 is 19.7 Å². The van der Waals surface area contributed by atoms with Crippen LogP contribution in [0, 0.1) is 0 Å². The van der Waals surface area contributed by atoms with Crippen molar-refractivity contribution in [3.63, 3.8) is 0 Å². The van der Waals surface area contributed by atoms with Gasteiger partial charge in [-0.1, -0.05) is 0 Å². The molecular formula is C6H11NO4. The van der Waals surface area contributed by atoms with Gasteiger partial charge in [-0.25, -0.2) is 4.79 Å². The van der Waals surface area contributed by atoms with Crippen LogP contribution in [0.5, 0.6) is 0 Å². The first-order valence-electron chi connectivity index (χ1n) is 3.31. The maximum absolute atomic E-state index is 10.9. The van der Waals surface area contributed by atoms with Gasteiger partial charge in [0, 0.05) is 0 Å². The number of hydrogen-bond acceptors (Lipinski definition) is 5. The highest BCUT2D eigenvalue weighted by Gasteiger charge is 2.52. The summed E-state index contributed by atoms with van der Waals surface area (Å²) in [6.45, 7) is 0.921. The first kappa shape index (κ1) is 8.45. The predicted octanol–water partition coefficient (Wildman–Crippen LogP) is -2.02. The number of hydrogen-bond donors (Lipinski definition) is 3. The topological polar surface area (TPSA) is 92.8 Å². The average molecular weight is 161 g/mol. The van der Waals surface area contributed by atoms with Gasteiger partial charge >= 0.3 is 5.97 Å². The molecule has 0 unspecified atom stereocenters. The molecule has 0 aliphatic carbocycles. The Kier molecular flexibility index (Phi) is 1.87. The molecule has 1 saturated heterocycles. The second-order valence-corrected chi connectivity index (χ2v) is 2.75. The van der Waals surface area contributed by atoms with Gasteiger partial charge in [0.1, 0.15) is 12.2 Å². The fourth-order valence-electron chi connectivity index (χ4n) is 1.04. The fourth-order valence-corrected chi connectivity index (χ4v) is 1.04. The zero-order valence-electron chi connectivity index (χ0n) is 6.15. The minimum atomic E-state index is -1.63. The molecule has 0 aromatic heterocycles. The molecule has 1 aliphatic rings. The molecule has 64 valence electrons. The molecule has 0 aromatic carbocycles. The molecule has 1 fully saturated rings. The monoisotopic (exact) mass is 161 g/mol. The lowest BCUT2D eigenvalue weighted by molar-refractivity contribution is -0.145. The number of carbonyl (C=O) groups is 1. The highest BCUT2D eigenvalue weighted by Crippen LogP contribution is 2.22. The molecule has 1 rings (SSSR count). The summed E-state index contributed by atoms with van der Waals surface area (Å²) in [7, 11) is 0. The van der Waals surface area contributed by atoms with Crippen molar-refractivity contribution in [3.8, 4) is 0 Å². The van der Waals surface area contributed by atoms with Crippen LogP contribution in [-0.4, -0.2) is 40.5 Å². The van der Waals surface area contributed by atoms with Gasteiger partial charge in [-0.15, -0.1) is 0 Å². The maximum Gasteiger partial charge on any atom is 0.331 e. The minimum Gasteiger partial charge on any atom is -0.458 e. The van der Waals surface area contributed by atoms with Gasteiger partial charge in [0.15, 0.2) is 5.54 Å². The summed E-state index contributed by atoms with van der Waals surface area (Å²) in [6.07, 6.45) is -1.76. The number of rotatable bonds is 1. The molecule has 11 heavy (non-hydrogen) atoms. The quantitative estimate of drug-likeness (QED) is 0.386. The third-order valence-electron chi connectivity index (χ3n) is 1.91. The summed E-state index contributed by atoms with van der Waals surface area (Å²) in [4.78, 5) is 10.9. The Balaban J connectivity index is 2.87. The van der Waals surface area contributed by atoms with E-state index in [1.807, 2.05) is 0 Å². The standard InChI is InChI=1S/C6H11NO4/c1-3-4(9)6(7,2-8)5(10)11-3/h3-4,8-9H,2,7H2,1H3/t3-,4-,6+/m1/s1. The normalized spacial score (nSPS) is 44.2. The minimum absolute atomic E-state index is 0.600. The lowest BCUT2D eigenvalue weighted by Gasteiger charge is -2.20. The van der Waals surface area contributed by atoms with Gasteiger partial charge < -0.3 is 20.7 Å². The van der Waals surface area contributed by atoms with E-state index in [4.69, 9.17) is 10.8 Å². The van der Waals surface area contributed by atoms with Crippen LogP contribution < -0.4 is 5.73 Å². The van der Waals surface area contributed by atoms with Gasteiger partial charge in [0.25, 0.3) is 0 Å². The number of cyclic esters (lactones) is 1. The SMILES string of the molecule is C[C@H]1OC(=O)[C@](N)(CO)[C@@H]1O. The average Bonchev–Trinajstić information content (AvgIpc) is 2.16. The van der Waals surface area contributed by atoms with Crippen LogP contribution in [0.1, 0.15) is 6.92 Å². The van der Waals surface area contributed by atoms with Crippen molar-refractivity contribution in [2.75, 3.05) is 6.61 Å². The molecule has 0 radical (unpaired) electrons. The van der Waals surface area contributed by atoms with E-state index in [1.165, 1.54) is 6.92 Å². The molecule has 1 heterocycles. The second kappa shape index (κ2) is 2.44. The van der Waals surface area contributed by atoms with E-state index in [-0.39, 0.29) is 0 Å². The van der Waals surface area contributed by atoms with Gasteiger partial charge in [0.05, 0.1) is 6.61 Å². The Morgan fingerprint density at radius 1 is 1.82 bits per heavy atom. The molecule has 4 N–H and O–H groups in total. The van der Waals surface area contributed by atoms with Crippen LogP contribution in [0.25, 0.3) is 0 Å². The zero-order valence-corrected chi connectivity index (χ0v) is 6.15. The molecule has 0 aromatic rings. The van der Waals surface area contributed by atoms with Crippen LogP contribution in [0.4, 0.5) is 0 Å². The van der Waals surface area contributed by atoms with E-state index in [0.717, 1.165) is 0 Å². The van der Waals surface area contributed by atoms with Crippen molar-refractivity contribution >= 4 is 5.97 Å². The van der Waals surface area contributed by atoms with E-state index >= 15 is 0 Å². The Labute approximate surface area is 63.8 Å². The van der Waals surface area contributed by atoms with Gasteiger partial charge in [0.2, 0.25) is 0 Å². The smallest absolute Gasteiger partial charge is 0.331 e. The Morgan fingerprint density at radius 3 is 2.55 bits per heavy atom. The summed E-state index contributed by atoms with van der Waals surface area (Å²) in [6, 6.07) is 0. The van der Waals surface area contributed by atoms with E-state index in [1.54, 1.807) is 0 Å². The molecule has 0 saturated carbocycles. The van der Waals surface area contributed by atoms with Crippen molar-refractivity contribution in [1.29, 1.82) is 0 Å². The van der Waals surface area contributed by atoms with Gasteiger partial charge in [-0.3, -0.25) is 0 Å². The summed E-state index contributed by atoms with van der Waals surface area (Å²) in [5, 5.41) is 18.0. The molecule has 0 spiro atoms. The van der Waals surface area contributed by atoms with Crippen LogP contribution in [0.3, 0.4) is 0 Å². The van der Waals surface area contributed by atoms with E-state index < -0.39 is 30.3 Å². The predicted molar refractivity (Wildman–Crippen MR) is 35.6 cm³/mol. The highest BCUT2D eigenvalue weighted by molar-refractivity contribution is 5.84. The molecule has 5 heteroatoms. The summed E-state index contributed by atoms with van der Waals surface area (Å²) in [5.74, 6) is -0.750. The second-order valence-electron chi connectivity index (χ2n) is 2.75. The largest absolute Gasteiger partial charge is 0.458 e. The number of ether oxygens (including phenoxy) is 1. The number of carbonyl (C=O) groups excluding carboxylic acids is 1. The lowest BCUT2D eigenvalue weighted by Crippen LogP contribution is -2.57. The summed E-state index contributed by atoms with van der Waals surface area (Å²) >= 11 is 0. The molecule has 0 amide bonds. The highest BCUT2D eigenvalue weighted by atomic mass is 16.6. The number of esters is 1. The Bertz CT molecular complexity index is 183. The molecule has 0 bridgehead atoms. The first-order chi connectivity index (χ1) is 5.02. The van der Waals surface area contributed by atoms with Crippen LogP contribution in [0.15, 0.2) is 0 Å². The third kappa shape index (κ3) is 1.01. The Morgan fingerprint density at radius 2 is 2.36 bits per heavy atom. The Hall–Kier alpha value is -0.650. The lowest BCUT2D eigenvalue weighted by atomic mass is 9.95. The molecule has 3 atom stereocenters. The molecular weight excluding hydrogens is 150 g/mol. The van der Waals surface area contributed by atoms with Crippen LogP contribution >= 0.6 is 0 Å². The number of aliphatic hydroxyl groups excluding tert-OH is 2. The van der Waals surface area contributed by atoms with Crippen LogP contribution in [0.2, 0.25) is 0 Å². The molecule has 5 nitrogen and oxygen atoms in total. The van der Waals surface area contributed by atoms with Gasteiger partial charge in [-0.05, 0) is 6.92 Å². The molecule has 1 aliphatic heterocycles. The number of nitrogens with two attached hydrogens (primary N) is 1. The van der Waals surface area contributed by atoms with Gasteiger partial charge in [-0.2, -0.15) is 0 Å². The van der Waals surface area contributed by atoms with Crippen molar-refractivity contribution in [2.45, 2.75) is 24.7 Å². The van der Waals surface area contributed by atoms with Crippen molar-refractivity contribution in [2.24, 2.45) is 5.73 Å². The van der Waals surface area contributed by atoms with E-state index in [2.05, 4.69) is 4.74 Å². The summed E-state index contributed by atoms with van der Waals surface area (Å²) < 4.78 is 4.61. The third-order valence-corrected chi connectivity index (χ3v) is 1.91. The van der Waals surface area contributed by atoms with Crippen LogP contribution in [-0.2, 0) is 9.53 Å². The van der Waals surface area contributed by atoms with E-state index in [9.17, 15) is 9.90 Å².